The molecule has 0 unspecified atom stereocenters. The van der Waals surface area contributed by atoms with Crippen LogP contribution in [0.15, 0.2) is 47.5 Å². The molecule has 9 nitrogen and oxygen atoms in total. The number of methoxy groups -OCH3 is 1. The fourth-order valence-electron chi connectivity index (χ4n) is 3.80. The van der Waals surface area contributed by atoms with Gasteiger partial charge in [0.1, 0.15) is 5.75 Å². The summed E-state index contributed by atoms with van der Waals surface area (Å²) in [5.74, 6) is -0.0562. The third-order valence-corrected chi connectivity index (χ3v) is 6.25. The van der Waals surface area contributed by atoms with Crippen molar-refractivity contribution in [3.63, 3.8) is 0 Å². The highest BCUT2D eigenvalue weighted by atomic mass is 32.2. The average Bonchev–Trinajstić information content (AvgIpc) is 3.23. The number of hydrogen-bond donors (Lipinski definition) is 3. The Balaban J connectivity index is 1.83. The summed E-state index contributed by atoms with van der Waals surface area (Å²) < 4.78 is 30.9. The van der Waals surface area contributed by atoms with Gasteiger partial charge in [-0.2, -0.15) is 0 Å². The number of ether oxygens (including phenoxy) is 1. The summed E-state index contributed by atoms with van der Waals surface area (Å²) >= 11 is 0. The van der Waals surface area contributed by atoms with E-state index in [9.17, 15) is 18.0 Å². The van der Waals surface area contributed by atoms with Crippen molar-refractivity contribution in [2.45, 2.75) is 24.3 Å². The van der Waals surface area contributed by atoms with E-state index in [1.54, 1.807) is 13.2 Å². The van der Waals surface area contributed by atoms with E-state index in [0.29, 0.717) is 35.5 Å². The third-order valence-electron chi connectivity index (χ3n) is 5.34. The second kappa shape index (κ2) is 8.13. The zero-order chi connectivity index (χ0) is 23.0. The summed E-state index contributed by atoms with van der Waals surface area (Å²) in [5, 5.41) is 8.85. The number of nitrogens with one attached hydrogen (secondary N) is 1. The summed E-state index contributed by atoms with van der Waals surface area (Å²) in [6.07, 6.45) is 4.42. The van der Waals surface area contributed by atoms with E-state index >= 15 is 0 Å². The van der Waals surface area contributed by atoms with Crippen LogP contribution in [0.2, 0.25) is 0 Å². The molecule has 10 heteroatoms. The Morgan fingerprint density at radius 2 is 2.00 bits per heavy atom. The first-order chi connectivity index (χ1) is 15.2. The van der Waals surface area contributed by atoms with Crippen molar-refractivity contribution in [3.05, 3.63) is 53.7 Å². The van der Waals surface area contributed by atoms with Gasteiger partial charge in [0.05, 0.1) is 12.0 Å². The molecule has 0 saturated carbocycles. The SMILES string of the molecule is COc1ccc2c(c1)c(/C=C1\C(=O)Nc3ccc(S(N)(=O)=O)cc31)cn2CCCC(N)=O. The number of primary amides is 1. The number of nitrogens with zero attached hydrogens (tertiary/aromatic N) is 1. The van der Waals surface area contributed by atoms with Crippen molar-refractivity contribution in [1.29, 1.82) is 0 Å². The highest BCUT2D eigenvalue weighted by Crippen LogP contribution is 2.36. The summed E-state index contributed by atoms with van der Waals surface area (Å²) in [6.45, 7) is 0.563. The Labute approximate surface area is 184 Å². The number of anilines is 1. The number of aryl methyl sites for hydroxylation is 1. The van der Waals surface area contributed by atoms with Gasteiger partial charge in [0.25, 0.3) is 5.91 Å². The predicted octanol–water partition coefficient (Wildman–Crippen LogP) is 2.06. The fourth-order valence-corrected chi connectivity index (χ4v) is 4.34. The van der Waals surface area contributed by atoms with E-state index in [1.165, 1.54) is 18.2 Å². The molecule has 4 rings (SSSR count). The molecule has 166 valence electrons. The fraction of sp³-hybridized carbons (Fsp3) is 0.182. The minimum absolute atomic E-state index is 0.0748. The largest absolute Gasteiger partial charge is 0.497 e. The minimum atomic E-state index is -3.92. The number of amides is 2. The van der Waals surface area contributed by atoms with E-state index in [1.807, 2.05) is 29.0 Å². The van der Waals surface area contributed by atoms with E-state index in [4.69, 9.17) is 15.6 Å². The first-order valence-corrected chi connectivity index (χ1v) is 11.4. The van der Waals surface area contributed by atoms with Crippen LogP contribution in [-0.2, 0) is 26.2 Å². The third kappa shape index (κ3) is 4.10. The molecule has 0 aliphatic carbocycles. The summed E-state index contributed by atoms with van der Waals surface area (Å²) in [4.78, 5) is 23.7. The van der Waals surface area contributed by atoms with Crippen LogP contribution >= 0.6 is 0 Å². The molecule has 2 heterocycles. The Hall–Kier alpha value is -3.63. The van der Waals surface area contributed by atoms with Crippen LogP contribution in [-0.4, -0.2) is 31.9 Å². The molecule has 3 aromatic rings. The van der Waals surface area contributed by atoms with Crippen molar-refractivity contribution in [1.82, 2.24) is 4.57 Å². The number of carbonyl (C=O) groups excluding carboxylic acids is 2. The lowest BCUT2D eigenvalue weighted by atomic mass is 10.0. The van der Waals surface area contributed by atoms with Gasteiger partial charge in [-0.1, -0.05) is 0 Å². The molecule has 0 bridgehead atoms. The van der Waals surface area contributed by atoms with Crippen LogP contribution < -0.4 is 20.9 Å². The molecule has 0 radical (unpaired) electrons. The second-order valence-corrected chi connectivity index (χ2v) is 9.06. The number of primary sulfonamides is 1. The maximum Gasteiger partial charge on any atom is 0.256 e. The van der Waals surface area contributed by atoms with Crippen molar-refractivity contribution >= 4 is 50.1 Å². The molecular formula is C22H22N4O5S. The maximum atomic E-state index is 12.7. The summed E-state index contributed by atoms with van der Waals surface area (Å²) in [5.41, 5.74) is 8.19. The molecule has 2 amide bonds. The number of benzene rings is 2. The van der Waals surface area contributed by atoms with Gasteiger partial charge < -0.3 is 20.4 Å². The van der Waals surface area contributed by atoms with Crippen molar-refractivity contribution in [2.24, 2.45) is 10.9 Å². The number of nitrogens with two attached hydrogens (primary N) is 2. The van der Waals surface area contributed by atoms with Crippen molar-refractivity contribution in [2.75, 3.05) is 12.4 Å². The topological polar surface area (TPSA) is 147 Å². The Morgan fingerprint density at radius 3 is 2.69 bits per heavy atom. The highest BCUT2D eigenvalue weighted by molar-refractivity contribution is 7.89. The first kappa shape index (κ1) is 21.6. The second-order valence-electron chi connectivity index (χ2n) is 7.50. The predicted molar refractivity (Wildman–Crippen MR) is 121 cm³/mol. The van der Waals surface area contributed by atoms with E-state index in [0.717, 1.165) is 16.5 Å². The van der Waals surface area contributed by atoms with Gasteiger partial charge in [0, 0.05) is 52.5 Å². The monoisotopic (exact) mass is 454 g/mol. The molecule has 0 spiro atoms. The van der Waals surface area contributed by atoms with Gasteiger partial charge in [-0.3, -0.25) is 9.59 Å². The Bertz CT molecular complexity index is 1390. The molecule has 0 saturated heterocycles. The first-order valence-electron chi connectivity index (χ1n) is 9.83. The zero-order valence-electron chi connectivity index (χ0n) is 17.3. The number of carbonyl (C=O) groups is 2. The summed E-state index contributed by atoms with van der Waals surface area (Å²) in [6, 6.07) is 9.86. The molecule has 1 aromatic heterocycles. The van der Waals surface area contributed by atoms with E-state index in [2.05, 4.69) is 5.32 Å². The van der Waals surface area contributed by atoms with Gasteiger partial charge in [-0.15, -0.1) is 0 Å². The number of fused-ring (bicyclic) bond motifs is 2. The van der Waals surface area contributed by atoms with Crippen molar-refractivity contribution in [3.8, 4) is 5.75 Å². The van der Waals surface area contributed by atoms with Crippen LogP contribution in [0.5, 0.6) is 5.75 Å². The van der Waals surface area contributed by atoms with E-state index < -0.39 is 10.0 Å². The van der Waals surface area contributed by atoms with Gasteiger partial charge >= 0.3 is 0 Å². The number of rotatable bonds is 7. The van der Waals surface area contributed by atoms with Crippen LogP contribution in [0.1, 0.15) is 24.0 Å². The lowest BCUT2D eigenvalue weighted by molar-refractivity contribution is -0.118. The van der Waals surface area contributed by atoms with Gasteiger partial charge in [-0.25, -0.2) is 13.6 Å². The molecule has 2 aromatic carbocycles. The number of sulfonamides is 1. The standard InChI is InChI=1S/C22H22N4O5S/c1-31-14-4-7-20-16(10-14)13(12-26(20)8-2-3-21(23)27)9-18-17-11-15(32(24,29)30)5-6-19(17)25-22(18)28/h4-7,9-12H,2-3,8H2,1H3,(H2,23,27)(H,25,28)(H2,24,29,30)/b18-9-. The molecule has 1 aliphatic heterocycles. The average molecular weight is 455 g/mol. The Morgan fingerprint density at radius 1 is 1.22 bits per heavy atom. The van der Waals surface area contributed by atoms with Crippen LogP contribution in [0.4, 0.5) is 5.69 Å². The summed E-state index contributed by atoms with van der Waals surface area (Å²) in [7, 11) is -2.35. The maximum absolute atomic E-state index is 12.7. The zero-order valence-corrected chi connectivity index (χ0v) is 18.1. The number of aromatic nitrogens is 1. The van der Waals surface area contributed by atoms with Crippen LogP contribution in [0.25, 0.3) is 22.6 Å². The van der Waals surface area contributed by atoms with Gasteiger partial charge in [-0.05, 0) is 48.9 Å². The molecule has 0 atom stereocenters. The quantitative estimate of drug-likeness (QED) is 0.468. The highest BCUT2D eigenvalue weighted by Gasteiger charge is 2.26. The smallest absolute Gasteiger partial charge is 0.256 e. The lowest BCUT2D eigenvalue weighted by Crippen LogP contribution is -2.12. The van der Waals surface area contributed by atoms with Crippen LogP contribution in [0, 0.1) is 0 Å². The Kier molecular flexibility index (Phi) is 5.49. The minimum Gasteiger partial charge on any atom is -0.497 e. The number of hydrogen-bond acceptors (Lipinski definition) is 5. The molecule has 5 N–H and O–H groups in total. The van der Waals surface area contributed by atoms with Gasteiger partial charge in [0.15, 0.2) is 0 Å². The molecule has 32 heavy (non-hydrogen) atoms. The van der Waals surface area contributed by atoms with Gasteiger partial charge in [0.2, 0.25) is 15.9 Å². The van der Waals surface area contributed by atoms with E-state index in [-0.39, 0.29) is 23.1 Å². The van der Waals surface area contributed by atoms with Crippen LogP contribution in [0.3, 0.4) is 0 Å². The molecule has 0 fully saturated rings. The normalized spacial score (nSPS) is 14.6. The van der Waals surface area contributed by atoms with Crippen molar-refractivity contribution < 1.29 is 22.7 Å². The lowest BCUT2D eigenvalue weighted by Gasteiger charge is -2.05. The molecule has 1 aliphatic rings. The molecular weight excluding hydrogens is 432 g/mol.